The Hall–Kier alpha value is -3.34. The Kier molecular flexibility index (Phi) is 6.92. The molecule has 2 saturated heterocycles. The summed E-state index contributed by atoms with van der Waals surface area (Å²) in [4.78, 5) is 52.7. The van der Waals surface area contributed by atoms with Crippen molar-refractivity contribution < 1.29 is 33.8 Å². The summed E-state index contributed by atoms with van der Waals surface area (Å²) >= 11 is 0. The Morgan fingerprint density at radius 3 is 2.59 bits per heavy atom. The second kappa shape index (κ2) is 9.88. The lowest BCUT2D eigenvalue weighted by Crippen LogP contribution is -2.57. The first-order valence-electron chi connectivity index (χ1n) is 11.5. The Morgan fingerprint density at radius 2 is 1.82 bits per heavy atom. The average Bonchev–Trinajstić information content (AvgIpc) is 3.19. The minimum absolute atomic E-state index is 0.220. The van der Waals surface area contributed by atoms with E-state index in [-0.39, 0.29) is 25.0 Å². The van der Waals surface area contributed by atoms with Gasteiger partial charge in [-0.1, -0.05) is 18.2 Å². The van der Waals surface area contributed by atoms with Crippen LogP contribution in [0.2, 0.25) is 0 Å². The van der Waals surface area contributed by atoms with Crippen LogP contribution in [-0.2, 0) is 19.1 Å². The van der Waals surface area contributed by atoms with Crippen molar-refractivity contribution in [2.75, 3.05) is 20.3 Å². The summed E-state index contributed by atoms with van der Waals surface area (Å²) in [5, 5.41) is 14.8. The van der Waals surface area contributed by atoms with Crippen LogP contribution in [-0.4, -0.2) is 83.3 Å². The standard InChI is InChI=1S/C23H30N4O7/c1-13(26(2)23(31)32)20(28)25-16-10-12-34-19-8-7-17(27(19)22(16)30)21(29)24-15-9-11-33-18-6-4-3-5-14(15)18/h3-6,13,15-17,19H,7-12H2,1-2H3,(H,24,29)(H,25,28)(H,31,32)/t13?,15?,16-,17+,19-/m0/s1. The molecular formula is C23H30N4O7. The number of hydrogen-bond donors (Lipinski definition) is 3. The molecule has 3 heterocycles. The molecule has 4 rings (SSSR count). The highest BCUT2D eigenvalue weighted by atomic mass is 16.5. The summed E-state index contributed by atoms with van der Waals surface area (Å²) in [6.07, 6.45) is 0.0501. The minimum atomic E-state index is -1.25. The Balaban J connectivity index is 1.46. The van der Waals surface area contributed by atoms with Crippen LogP contribution in [0.3, 0.4) is 0 Å². The first-order chi connectivity index (χ1) is 16.3. The molecule has 0 radical (unpaired) electrons. The Bertz CT molecular complexity index is 970. The van der Waals surface area contributed by atoms with Gasteiger partial charge in [0.1, 0.15) is 30.1 Å². The molecule has 2 fully saturated rings. The third-order valence-corrected chi connectivity index (χ3v) is 6.76. The number of nitrogens with zero attached hydrogens (tertiary/aromatic N) is 2. The zero-order valence-electron chi connectivity index (χ0n) is 19.2. The van der Waals surface area contributed by atoms with E-state index in [4.69, 9.17) is 14.6 Å². The topological polar surface area (TPSA) is 138 Å². The molecule has 0 saturated carbocycles. The fraction of sp³-hybridized carbons (Fsp3) is 0.565. The number of carboxylic acid groups (broad SMARTS) is 1. The van der Waals surface area contributed by atoms with Gasteiger partial charge in [-0.05, 0) is 25.8 Å². The van der Waals surface area contributed by atoms with Gasteiger partial charge in [-0.25, -0.2) is 4.79 Å². The van der Waals surface area contributed by atoms with Crippen LogP contribution in [0.5, 0.6) is 5.75 Å². The van der Waals surface area contributed by atoms with E-state index in [2.05, 4.69) is 10.6 Å². The summed E-state index contributed by atoms with van der Waals surface area (Å²) in [6.45, 7) is 2.17. The number of carbonyl (C=O) groups is 4. The molecular weight excluding hydrogens is 444 g/mol. The maximum absolute atomic E-state index is 13.4. The number of hydrogen-bond acceptors (Lipinski definition) is 6. The molecule has 3 N–H and O–H groups in total. The fourth-order valence-corrected chi connectivity index (χ4v) is 4.65. The molecule has 184 valence electrons. The van der Waals surface area contributed by atoms with Crippen LogP contribution in [0.15, 0.2) is 24.3 Å². The van der Waals surface area contributed by atoms with Gasteiger partial charge in [-0.2, -0.15) is 0 Å². The molecule has 3 aliphatic heterocycles. The van der Waals surface area contributed by atoms with E-state index in [1.165, 1.54) is 18.9 Å². The van der Waals surface area contributed by atoms with Gasteiger partial charge in [0.15, 0.2) is 0 Å². The number of likely N-dealkylation sites (N-methyl/N-ethyl adjacent to an activating group) is 1. The number of amides is 4. The van der Waals surface area contributed by atoms with E-state index in [0.717, 1.165) is 16.2 Å². The van der Waals surface area contributed by atoms with Crippen molar-refractivity contribution in [3.8, 4) is 5.75 Å². The van der Waals surface area contributed by atoms with E-state index in [1.54, 1.807) is 0 Å². The van der Waals surface area contributed by atoms with Crippen LogP contribution >= 0.6 is 0 Å². The molecule has 3 aliphatic rings. The van der Waals surface area contributed by atoms with Crippen molar-refractivity contribution in [3.05, 3.63) is 29.8 Å². The maximum Gasteiger partial charge on any atom is 0.407 e. The van der Waals surface area contributed by atoms with Crippen molar-refractivity contribution in [1.29, 1.82) is 0 Å². The molecule has 1 aromatic carbocycles. The van der Waals surface area contributed by atoms with Gasteiger partial charge < -0.3 is 30.1 Å². The number of carbonyl (C=O) groups excluding carboxylic acids is 3. The SMILES string of the molecule is CC(C(=O)N[C@H]1CCO[C@H]2CC[C@H](C(=O)NC3CCOc4ccccc43)N2C1=O)N(C)C(=O)O. The smallest absolute Gasteiger partial charge is 0.407 e. The normalized spacial score (nSPS) is 26.9. The lowest BCUT2D eigenvalue weighted by atomic mass is 10.00. The monoisotopic (exact) mass is 474 g/mol. The van der Waals surface area contributed by atoms with Crippen LogP contribution in [0.4, 0.5) is 4.79 Å². The third-order valence-electron chi connectivity index (χ3n) is 6.76. The zero-order valence-corrected chi connectivity index (χ0v) is 19.2. The molecule has 1 aromatic rings. The fourth-order valence-electron chi connectivity index (χ4n) is 4.65. The second-order valence-corrected chi connectivity index (χ2v) is 8.82. The first-order valence-corrected chi connectivity index (χ1v) is 11.5. The highest BCUT2D eigenvalue weighted by molar-refractivity contribution is 5.94. The molecule has 0 aromatic heterocycles. The predicted molar refractivity (Wildman–Crippen MR) is 119 cm³/mol. The highest BCUT2D eigenvalue weighted by Gasteiger charge is 2.46. The van der Waals surface area contributed by atoms with Gasteiger partial charge in [0, 0.05) is 25.5 Å². The van der Waals surface area contributed by atoms with Crippen molar-refractivity contribution in [2.45, 2.75) is 63.0 Å². The molecule has 2 unspecified atom stereocenters. The van der Waals surface area contributed by atoms with E-state index in [1.807, 2.05) is 24.3 Å². The van der Waals surface area contributed by atoms with Crippen LogP contribution in [0, 0.1) is 0 Å². The number of nitrogens with one attached hydrogen (secondary N) is 2. The van der Waals surface area contributed by atoms with Crippen molar-refractivity contribution >= 4 is 23.8 Å². The van der Waals surface area contributed by atoms with Gasteiger partial charge in [-0.15, -0.1) is 0 Å². The number of para-hydroxylation sites is 1. The summed E-state index contributed by atoms with van der Waals surface area (Å²) < 4.78 is 11.5. The molecule has 11 heteroatoms. The van der Waals surface area contributed by atoms with E-state index >= 15 is 0 Å². The van der Waals surface area contributed by atoms with E-state index in [9.17, 15) is 19.2 Å². The highest BCUT2D eigenvalue weighted by Crippen LogP contribution is 2.33. The molecule has 11 nitrogen and oxygen atoms in total. The lowest BCUT2D eigenvalue weighted by Gasteiger charge is -2.32. The van der Waals surface area contributed by atoms with Gasteiger partial charge in [0.25, 0.3) is 0 Å². The largest absolute Gasteiger partial charge is 0.493 e. The summed E-state index contributed by atoms with van der Waals surface area (Å²) in [5.41, 5.74) is 0.900. The molecule has 0 spiro atoms. The molecule has 4 amide bonds. The van der Waals surface area contributed by atoms with Gasteiger partial charge in [-0.3, -0.25) is 19.3 Å². The number of fused-ring (bicyclic) bond motifs is 2. The molecule has 0 aliphatic carbocycles. The van der Waals surface area contributed by atoms with Crippen LogP contribution < -0.4 is 15.4 Å². The molecule has 0 bridgehead atoms. The van der Waals surface area contributed by atoms with Gasteiger partial charge in [0.05, 0.1) is 19.3 Å². The lowest BCUT2D eigenvalue weighted by molar-refractivity contribution is -0.149. The summed E-state index contributed by atoms with van der Waals surface area (Å²) in [5.74, 6) is -0.514. The molecule has 5 atom stereocenters. The predicted octanol–water partition coefficient (Wildman–Crippen LogP) is 0.847. The van der Waals surface area contributed by atoms with Crippen molar-refractivity contribution in [2.24, 2.45) is 0 Å². The van der Waals surface area contributed by atoms with Gasteiger partial charge >= 0.3 is 6.09 Å². The number of benzene rings is 1. The summed E-state index contributed by atoms with van der Waals surface area (Å²) in [6, 6.07) is 4.73. The number of rotatable bonds is 5. The van der Waals surface area contributed by atoms with Crippen LogP contribution in [0.25, 0.3) is 0 Å². The average molecular weight is 475 g/mol. The quantitative estimate of drug-likeness (QED) is 0.575. The zero-order chi connectivity index (χ0) is 24.4. The Labute approximate surface area is 197 Å². The van der Waals surface area contributed by atoms with Crippen molar-refractivity contribution in [1.82, 2.24) is 20.4 Å². The van der Waals surface area contributed by atoms with E-state index in [0.29, 0.717) is 25.9 Å². The molecule has 34 heavy (non-hydrogen) atoms. The third kappa shape index (κ3) is 4.65. The maximum atomic E-state index is 13.4. The first kappa shape index (κ1) is 23.8. The summed E-state index contributed by atoms with van der Waals surface area (Å²) in [7, 11) is 1.29. The second-order valence-electron chi connectivity index (χ2n) is 8.82. The van der Waals surface area contributed by atoms with Gasteiger partial charge in [0.2, 0.25) is 17.7 Å². The minimum Gasteiger partial charge on any atom is -0.493 e. The Morgan fingerprint density at radius 1 is 1.09 bits per heavy atom. The van der Waals surface area contributed by atoms with Crippen LogP contribution in [0.1, 0.15) is 44.2 Å². The number of ether oxygens (including phenoxy) is 2. The van der Waals surface area contributed by atoms with E-state index < -0.39 is 42.3 Å². The van der Waals surface area contributed by atoms with Crippen molar-refractivity contribution in [3.63, 3.8) is 0 Å².